The fourth-order valence-electron chi connectivity index (χ4n) is 2.71. The summed E-state index contributed by atoms with van der Waals surface area (Å²) in [6.45, 7) is 7.84. The first-order valence-corrected chi connectivity index (χ1v) is 7.12. The molecule has 0 aliphatic carbocycles. The Hall–Kier alpha value is -1.19. The molecule has 0 aromatic heterocycles. The Labute approximate surface area is 116 Å². The zero-order chi connectivity index (χ0) is 13.8. The van der Waals surface area contributed by atoms with Gasteiger partial charge in [-0.1, -0.05) is 30.7 Å². The quantitative estimate of drug-likeness (QED) is 0.775. The summed E-state index contributed by atoms with van der Waals surface area (Å²) in [4.78, 5) is 17.0. The van der Waals surface area contributed by atoms with Crippen LogP contribution >= 0.6 is 0 Å². The first-order chi connectivity index (χ1) is 9.10. The van der Waals surface area contributed by atoms with Crippen molar-refractivity contribution in [3.05, 3.63) is 35.4 Å². The van der Waals surface area contributed by atoms with E-state index in [1.54, 1.807) is 0 Å². The maximum atomic E-state index is 12.3. The van der Waals surface area contributed by atoms with E-state index in [0.29, 0.717) is 12.6 Å². The molecule has 1 aromatic carbocycles. The largest absolute Gasteiger partial charge is 0.301 e. The normalized spacial score (nSPS) is 21.5. The summed E-state index contributed by atoms with van der Waals surface area (Å²) in [5.74, 6) is 0.239. The zero-order valence-corrected chi connectivity index (χ0v) is 12.2. The number of hydrogen-bond acceptors (Lipinski definition) is 3. The third-order valence-electron chi connectivity index (χ3n) is 4.04. The second kappa shape index (κ2) is 6.31. The standard InChI is InChI=1S/C16H24N2O/c1-4-15-11-18(9-8-17(15)3)12-16(19)14-7-5-6-13(2)10-14/h5-7,10,15H,4,8-9,11-12H2,1-3H3. The van der Waals surface area contributed by atoms with Gasteiger partial charge >= 0.3 is 0 Å². The molecule has 104 valence electrons. The van der Waals surface area contributed by atoms with Crippen molar-refractivity contribution in [2.75, 3.05) is 33.2 Å². The number of carbonyl (C=O) groups is 1. The Morgan fingerprint density at radius 2 is 2.16 bits per heavy atom. The number of likely N-dealkylation sites (N-methyl/N-ethyl adjacent to an activating group) is 1. The lowest BCUT2D eigenvalue weighted by atomic mass is 10.1. The van der Waals surface area contributed by atoms with Gasteiger partial charge in [-0.3, -0.25) is 9.69 Å². The number of carbonyl (C=O) groups excluding carboxylic acids is 1. The van der Waals surface area contributed by atoms with Crippen LogP contribution in [0.25, 0.3) is 0 Å². The van der Waals surface area contributed by atoms with E-state index in [2.05, 4.69) is 23.8 Å². The van der Waals surface area contributed by atoms with Crippen molar-refractivity contribution in [2.45, 2.75) is 26.3 Å². The molecule has 1 aliphatic heterocycles. The number of hydrogen-bond donors (Lipinski definition) is 0. The van der Waals surface area contributed by atoms with Gasteiger partial charge in [0.2, 0.25) is 0 Å². The summed E-state index contributed by atoms with van der Waals surface area (Å²) >= 11 is 0. The van der Waals surface area contributed by atoms with Crippen LogP contribution in [0.15, 0.2) is 24.3 Å². The van der Waals surface area contributed by atoms with Gasteiger partial charge in [0.1, 0.15) is 0 Å². The van der Waals surface area contributed by atoms with E-state index in [1.807, 2.05) is 31.2 Å². The summed E-state index contributed by atoms with van der Waals surface area (Å²) in [6.07, 6.45) is 1.14. The van der Waals surface area contributed by atoms with E-state index in [-0.39, 0.29) is 5.78 Å². The lowest BCUT2D eigenvalue weighted by Gasteiger charge is -2.38. The van der Waals surface area contributed by atoms with Crippen molar-refractivity contribution in [2.24, 2.45) is 0 Å². The van der Waals surface area contributed by atoms with E-state index in [4.69, 9.17) is 0 Å². The highest BCUT2D eigenvalue weighted by Gasteiger charge is 2.24. The molecule has 1 unspecified atom stereocenters. The molecule has 0 radical (unpaired) electrons. The van der Waals surface area contributed by atoms with Crippen LogP contribution in [0.2, 0.25) is 0 Å². The fourth-order valence-corrected chi connectivity index (χ4v) is 2.71. The van der Waals surface area contributed by atoms with Gasteiger partial charge < -0.3 is 4.90 Å². The summed E-state index contributed by atoms with van der Waals surface area (Å²) in [7, 11) is 2.17. The predicted molar refractivity (Wildman–Crippen MR) is 78.7 cm³/mol. The molecule has 1 aromatic rings. The van der Waals surface area contributed by atoms with Crippen LogP contribution in [0.3, 0.4) is 0 Å². The smallest absolute Gasteiger partial charge is 0.176 e. The number of nitrogens with zero attached hydrogens (tertiary/aromatic N) is 2. The highest BCUT2D eigenvalue weighted by Crippen LogP contribution is 2.12. The van der Waals surface area contributed by atoms with Crippen LogP contribution in [0.4, 0.5) is 0 Å². The summed E-state index contributed by atoms with van der Waals surface area (Å²) < 4.78 is 0. The van der Waals surface area contributed by atoms with E-state index < -0.39 is 0 Å². The zero-order valence-electron chi connectivity index (χ0n) is 12.2. The molecule has 1 saturated heterocycles. The minimum atomic E-state index is 0.239. The Balaban J connectivity index is 1.96. The van der Waals surface area contributed by atoms with Crippen molar-refractivity contribution in [1.29, 1.82) is 0 Å². The number of benzene rings is 1. The number of rotatable bonds is 4. The van der Waals surface area contributed by atoms with Crippen LogP contribution in [0.1, 0.15) is 29.3 Å². The maximum Gasteiger partial charge on any atom is 0.176 e. The molecule has 3 nitrogen and oxygen atoms in total. The van der Waals surface area contributed by atoms with Crippen molar-refractivity contribution in [1.82, 2.24) is 9.80 Å². The van der Waals surface area contributed by atoms with E-state index in [0.717, 1.165) is 37.2 Å². The van der Waals surface area contributed by atoms with Crippen molar-refractivity contribution < 1.29 is 4.79 Å². The van der Waals surface area contributed by atoms with Gasteiger partial charge in [0, 0.05) is 31.2 Å². The summed E-state index contributed by atoms with van der Waals surface area (Å²) in [5, 5.41) is 0. The molecule has 0 amide bonds. The van der Waals surface area contributed by atoms with Crippen LogP contribution in [0.5, 0.6) is 0 Å². The van der Waals surface area contributed by atoms with Crippen LogP contribution in [-0.4, -0.2) is 54.9 Å². The average molecular weight is 260 g/mol. The molecular weight excluding hydrogens is 236 g/mol. The first-order valence-electron chi connectivity index (χ1n) is 7.12. The highest BCUT2D eigenvalue weighted by molar-refractivity contribution is 5.97. The minimum absolute atomic E-state index is 0.239. The Bertz CT molecular complexity index is 444. The van der Waals surface area contributed by atoms with Gasteiger partial charge in [0.05, 0.1) is 6.54 Å². The van der Waals surface area contributed by atoms with Gasteiger partial charge in [-0.15, -0.1) is 0 Å². The van der Waals surface area contributed by atoms with Gasteiger partial charge in [-0.25, -0.2) is 0 Å². The SMILES string of the molecule is CCC1CN(CC(=O)c2cccc(C)c2)CCN1C. The number of Topliss-reactive ketones (excluding diaryl/α,β-unsaturated/α-hetero) is 1. The fraction of sp³-hybridized carbons (Fsp3) is 0.562. The Morgan fingerprint density at radius 1 is 1.37 bits per heavy atom. The van der Waals surface area contributed by atoms with Gasteiger partial charge in [0.15, 0.2) is 5.78 Å². The Morgan fingerprint density at radius 3 is 2.84 bits per heavy atom. The predicted octanol–water partition coefficient (Wildman–Crippen LogP) is 2.20. The summed E-state index contributed by atoms with van der Waals surface area (Å²) in [5.41, 5.74) is 1.99. The van der Waals surface area contributed by atoms with Gasteiger partial charge in [0.25, 0.3) is 0 Å². The van der Waals surface area contributed by atoms with E-state index in [9.17, 15) is 4.79 Å². The van der Waals surface area contributed by atoms with Crippen LogP contribution in [-0.2, 0) is 0 Å². The van der Waals surface area contributed by atoms with Crippen molar-refractivity contribution in [3.63, 3.8) is 0 Å². The average Bonchev–Trinajstić information content (AvgIpc) is 2.41. The molecule has 1 heterocycles. The second-order valence-electron chi connectivity index (χ2n) is 5.57. The summed E-state index contributed by atoms with van der Waals surface area (Å²) in [6, 6.07) is 8.47. The third-order valence-corrected chi connectivity index (χ3v) is 4.04. The molecule has 2 rings (SSSR count). The number of ketones is 1. The second-order valence-corrected chi connectivity index (χ2v) is 5.57. The third kappa shape index (κ3) is 3.64. The molecule has 0 N–H and O–H groups in total. The molecule has 1 aliphatic rings. The minimum Gasteiger partial charge on any atom is -0.301 e. The lowest BCUT2D eigenvalue weighted by Crippen LogP contribution is -2.52. The monoisotopic (exact) mass is 260 g/mol. The number of piperazine rings is 1. The van der Waals surface area contributed by atoms with Crippen molar-refractivity contribution in [3.8, 4) is 0 Å². The van der Waals surface area contributed by atoms with Gasteiger partial charge in [-0.2, -0.15) is 0 Å². The van der Waals surface area contributed by atoms with E-state index >= 15 is 0 Å². The lowest BCUT2D eigenvalue weighted by molar-refractivity contribution is 0.0743. The molecule has 0 bridgehead atoms. The molecular formula is C16H24N2O. The molecule has 1 fully saturated rings. The number of aryl methyl sites for hydroxylation is 1. The Kier molecular flexibility index (Phi) is 4.72. The molecule has 1 atom stereocenters. The topological polar surface area (TPSA) is 23.6 Å². The molecule has 0 saturated carbocycles. The van der Waals surface area contributed by atoms with Crippen molar-refractivity contribution >= 4 is 5.78 Å². The molecule has 19 heavy (non-hydrogen) atoms. The van der Waals surface area contributed by atoms with Crippen LogP contribution in [0, 0.1) is 6.92 Å². The van der Waals surface area contributed by atoms with E-state index in [1.165, 1.54) is 0 Å². The maximum absolute atomic E-state index is 12.3. The molecule has 0 spiro atoms. The first kappa shape index (κ1) is 14.2. The molecule has 3 heteroatoms. The van der Waals surface area contributed by atoms with Crippen LogP contribution < -0.4 is 0 Å². The highest BCUT2D eigenvalue weighted by atomic mass is 16.1. The van der Waals surface area contributed by atoms with Gasteiger partial charge in [-0.05, 0) is 26.5 Å².